The number of amides is 1. The van der Waals surface area contributed by atoms with Crippen LogP contribution in [0.2, 0.25) is 0 Å². The minimum absolute atomic E-state index is 0.181. The summed E-state index contributed by atoms with van der Waals surface area (Å²) < 4.78 is 6.53. The van der Waals surface area contributed by atoms with Crippen LogP contribution >= 0.6 is 11.8 Å². The zero-order valence-electron chi connectivity index (χ0n) is 25.9. The Balaban J connectivity index is 1.54. The van der Waals surface area contributed by atoms with Gasteiger partial charge in [0, 0.05) is 33.9 Å². The van der Waals surface area contributed by atoms with Gasteiger partial charge in [0.1, 0.15) is 5.69 Å². The molecule has 0 saturated carbocycles. The molecular formula is C34H33N7O3S. The summed E-state index contributed by atoms with van der Waals surface area (Å²) in [5.74, 6) is -0.390. The van der Waals surface area contributed by atoms with Gasteiger partial charge in [0.2, 0.25) is 0 Å². The highest BCUT2D eigenvalue weighted by molar-refractivity contribution is 8.19. The lowest BCUT2D eigenvalue weighted by molar-refractivity contribution is -0.113. The van der Waals surface area contributed by atoms with E-state index in [-0.39, 0.29) is 27.7 Å². The minimum atomic E-state index is -0.390. The van der Waals surface area contributed by atoms with Crippen molar-refractivity contribution in [2.45, 2.75) is 13.8 Å². The van der Waals surface area contributed by atoms with Crippen LogP contribution in [0.5, 0.6) is 0 Å². The largest absolute Gasteiger partial charge is 0.378 e. The Morgan fingerprint density at radius 1 is 0.711 bits per heavy atom. The second-order valence-electron chi connectivity index (χ2n) is 11.0. The topological polar surface area (TPSA) is 89.8 Å². The lowest BCUT2D eigenvalue weighted by Crippen LogP contribution is -2.34. The smallest absolute Gasteiger partial charge is 0.297 e. The third kappa shape index (κ3) is 5.14. The van der Waals surface area contributed by atoms with Crippen LogP contribution in [0.4, 0.5) is 17.1 Å². The van der Waals surface area contributed by atoms with E-state index in [0.29, 0.717) is 27.7 Å². The molecule has 0 radical (unpaired) electrons. The van der Waals surface area contributed by atoms with Crippen molar-refractivity contribution < 1.29 is 4.79 Å². The van der Waals surface area contributed by atoms with E-state index in [2.05, 4.69) is 0 Å². The predicted octanol–water partition coefficient (Wildman–Crippen LogP) is 5.16. The molecule has 6 rings (SSSR count). The van der Waals surface area contributed by atoms with Crippen molar-refractivity contribution in [3.63, 3.8) is 0 Å². The second-order valence-corrected chi connectivity index (χ2v) is 12.0. The van der Waals surface area contributed by atoms with Gasteiger partial charge in [0.05, 0.1) is 27.7 Å². The van der Waals surface area contributed by atoms with Crippen molar-refractivity contribution >= 4 is 46.0 Å². The molecule has 0 bridgehead atoms. The first-order chi connectivity index (χ1) is 21.6. The fraction of sp³-hybridized carbons (Fsp3) is 0.176. The molecule has 1 aliphatic rings. The van der Waals surface area contributed by atoms with Gasteiger partial charge in [-0.2, -0.15) is 0 Å². The number of rotatable bonds is 6. The maximum atomic E-state index is 14.2. The molecule has 2 aromatic heterocycles. The molecule has 3 heterocycles. The summed E-state index contributed by atoms with van der Waals surface area (Å²) in [6.45, 7) is 3.61. The van der Waals surface area contributed by atoms with Gasteiger partial charge in [0.15, 0.2) is 10.9 Å². The Labute approximate surface area is 264 Å². The Kier molecular flexibility index (Phi) is 7.71. The molecule has 1 fully saturated rings. The normalized spacial score (nSPS) is 15.1. The van der Waals surface area contributed by atoms with Gasteiger partial charge >= 0.3 is 0 Å². The highest BCUT2D eigenvalue weighted by atomic mass is 32.2. The first-order valence-corrected chi connectivity index (χ1v) is 15.2. The van der Waals surface area contributed by atoms with E-state index in [1.165, 1.54) is 9.58 Å². The molecule has 1 saturated heterocycles. The average molecular weight is 620 g/mol. The van der Waals surface area contributed by atoms with E-state index in [9.17, 15) is 14.4 Å². The van der Waals surface area contributed by atoms with Gasteiger partial charge in [-0.3, -0.25) is 23.7 Å². The fourth-order valence-electron chi connectivity index (χ4n) is 5.36. The Morgan fingerprint density at radius 3 is 1.80 bits per heavy atom. The molecule has 11 heteroatoms. The van der Waals surface area contributed by atoms with Crippen molar-refractivity contribution in [3.05, 3.63) is 127 Å². The molecule has 228 valence electrons. The van der Waals surface area contributed by atoms with Crippen LogP contribution in [-0.4, -0.2) is 43.9 Å². The number of amidine groups is 1. The summed E-state index contributed by atoms with van der Waals surface area (Å²) in [5.41, 5.74) is 4.08. The molecule has 0 N–H and O–H groups in total. The lowest BCUT2D eigenvalue weighted by Gasteiger charge is -2.14. The van der Waals surface area contributed by atoms with Crippen LogP contribution in [0.1, 0.15) is 17.0 Å². The van der Waals surface area contributed by atoms with Crippen molar-refractivity contribution in [3.8, 4) is 11.4 Å². The number of hydrogen-bond donors (Lipinski definition) is 0. The third-order valence-electron chi connectivity index (χ3n) is 7.99. The van der Waals surface area contributed by atoms with Gasteiger partial charge in [-0.05, 0) is 73.6 Å². The number of aliphatic imine (C=N–C) groups is 1. The molecule has 0 atom stereocenters. The zero-order valence-corrected chi connectivity index (χ0v) is 26.7. The van der Waals surface area contributed by atoms with Crippen molar-refractivity contribution in [1.29, 1.82) is 0 Å². The van der Waals surface area contributed by atoms with E-state index in [1.807, 2.05) is 111 Å². The number of aromatic nitrogens is 4. The lowest BCUT2D eigenvalue weighted by atomic mass is 10.2. The number of nitrogens with zero attached hydrogens (tertiary/aromatic N) is 7. The first kappa shape index (κ1) is 29.8. The zero-order chi connectivity index (χ0) is 32.0. The number of thioether (sulfide) groups is 1. The summed E-state index contributed by atoms with van der Waals surface area (Å²) >= 11 is 1.14. The number of para-hydroxylation sites is 2. The van der Waals surface area contributed by atoms with Crippen LogP contribution in [0.15, 0.2) is 104 Å². The highest BCUT2D eigenvalue weighted by Crippen LogP contribution is 2.38. The maximum Gasteiger partial charge on any atom is 0.297 e. The first-order valence-electron chi connectivity index (χ1n) is 14.4. The second kappa shape index (κ2) is 11.7. The molecule has 0 spiro atoms. The van der Waals surface area contributed by atoms with Gasteiger partial charge in [-0.1, -0.05) is 48.5 Å². The maximum absolute atomic E-state index is 14.2. The van der Waals surface area contributed by atoms with E-state index in [4.69, 9.17) is 4.99 Å². The van der Waals surface area contributed by atoms with Gasteiger partial charge < -0.3 is 4.90 Å². The summed E-state index contributed by atoms with van der Waals surface area (Å²) in [5, 5.41) is 0.230. The predicted molar refractivity (Wildman–Crippen MR) is 182 cm³/mol. The third-order valence-corrected chi connectivity index (χ3v) is 8.96. The van der Waals surface area contributed by atoms with Crippen LogP contribution in [0.3, 0.4) is 0 Å². The van der Waals surface area contributed by atoms with E-state index >= 15 is 0 Å². The van der Waals surface area contributed by atoms with Crippen LogP contribution in [0.25, 0.3) is 17.5 Å². The van der Waals surface area contributed by atoms with Crippen molar-refractivity contribution in [2.75, 3.05) is 23.9 Å². The standard InChI is InChI=1S/C34H33N7O3S/c1-22-29(32(43)40(37(22)5)26-13-9-7-10-14-26)35-34-39(30-23(2)38(6)41(33(30)44)27-15-11-8-12-16-27)31(42)28(45-34)21-24-17-19-25(20-18-24)36(3)4/h7-21H,1-6H3/b28-21+,35-34?. The average Bonchev–Trinajstić information content (AvgIpc) is 3.54. The Hall–Kier alpha value is -5.29. The Bertz CT molecular complexity index is 2100. The summed E-state index contributed by atoms with van der Waals surface area (Å²) in [7, 11) is 7.50. The number of carbonyl (C=O) groups is 1. The van der Waals surface area contributed by atoms with Crippen molar-refractivity contribution in [1.82, 2.24) is 18.7 Å². The van der Waals surface area contributed by atoms with E-state index in [0.717, 1.165) is 23.0 Å². The quantitative estimate of drug-likeness (QED) is 0.245. The number of carbonyl (C=O) groups excluding carboxylic acids is 1. The molecule has 10 nitrogen and oxygen atoms in total. The summed E-state index contributed by atoms with van der Waals surface area (Å²) in [6, 6.07) is 26.4. The molecule has 0 aliphatic carbocycles. The highest BCUT2D eigenvalue weighted by Gasteiger charge is 2.39. The number of anilines is 2. The van der Waals surface area contributed by atoms with E-state index in [1.54, 1.807) is 41.1 Å². The number of benzene rings is 3. The van der Waals surface area contributed by atoms with Gasteiger partial charge in [0.25, 0.3) is 17.0 Å². The van der Waals surface area contributed by atoms with Crippen LogP contribution < -0.4 is 20.9 Å². The van der Waals surface area contributed by atoms with Crippen molar-refractivity contribution in [2.24, 2.45) is 19.1 Å². The molecule has 5 aromatic rings. The molecule has 1 amide bonds. The summed E-state index contributed by atoms with van der Waals surface area (Å²) in [4.78, 5) is 50.6. The van der Waals surface area contributed by atoms with E-state index < -0.39 is 5.91 Å². The molecular weight excluding hydrogens is 586 g/mol. The van der Waals surface area contributed by atoms with Gasteiger partial charge in [-0.25, -0.2) is 19.3 Å². The summed E-state index contributed by atoms with van der Waals surface area (Å²) in [6.07, 6.45) is 1.79. The SMILES string of the molecule is Cc1c(N=C2S/C(=C/c3ccc(N(C)C)cc3)C(=O)N2c2c(C)n(C)n(-c3ccccc3)c2=O)c(=O)n(-c2ccccc2)n1C. The monoisotopic (exact) mass is 619 g/mol. The van der Waals surface area contributed by atoms with Crippen LogP contribution in [-0.2, 0) is 18.9 Å². The Morgan fingerprint density at radius 2 is 1.24 bits per heavy atom. The molecule has 1 aliphatic heterocycles. The van der Waals surface area contributed by atoms with Crippen LogP contribution in [0, 0.1) is 13.8 Å². The fourth-order valence-corrected chi connectivity index (χ4v) is 6.33. The molecule has 0 unspecified atom stereocenters. The minimum Gasteiger partial charge on any atom is -0.378 e. The van der Waals surface area contributed by atoms with Gasteiger partial charge in [-0.15, -0.1) is 0 Å². The molecule has 45 heavy (non-hydrogen) atoms. The molecule has 3 aromatic carbocycles. The number of hydrogen-bond acceptors (Lipinski definition) is 6.